The molecule has 0 N–H and O–H groups in total. The number of nitrogens with zero attached hydrogens (tertiary/aromatic N) is 7. The van der Waals surface area contributed by atoms with Crippen LogP contribution in [-0.4, -0.2) is 49.1 Å². The number of carbonyl (C=O) groups is 1. The molecule has 0 aliphatic rings. The molecule has 0 bridgehead atoms. The summed E-state index contributed by atoms with van der Waals surface area (Å²) in [5, 5.41) is 21.5. The van der Waals surface area contributed by atoms with Gasteiger partial charge in [-0.05, 0) is 13.0 Å². The van der Waals surface area contributed by atoms with E-state index in [1.807, 2.05) is 0 Å². The van der Waals surface area contributed by atoms with E-state index in [0.717, 1.165) is 0 Å². The van der Waals surface area contributed by atoms with Crippen LogP contribution in [0.1, 0.15) is 12.5 Å². The van der Waals surface area contributed by atoms with Crippen LogP contribution in [0.3, 0.4) is 0 Å². The third kappa shape index (κ3) is 3.18. The van der Waals surface area contributed by atoms with E-state index < -0.39 is 12.1 Å². The number of ether oxygens (including phenoxy) is 2. The van der Waals surface area contributed by atoms with Gasteiger partial charge in [-0.2, -0.15) is 15.5 Å². The molecule has 3 aromatic heterocycles. The SMILES string of the molecule is COC(=O)C(C)Oc1nn(-c2cnccn2)c(-c2ccnnc2)c1C#N. The second-order valence-corrected chi connectivity index (χ2v) is 5.03. The fraction of sp³-hybridized carbons (Fsp3) is 0.188. The highest BCUT2D eigenvalue weighted by Gasteiger charge is 2.26. The van der Waals surface area contributed by atoms with E-state index in [-0.39, 0.29) is 11.4 Å². The molecular formula is C16H13N7O3. The van der Waals surface area contributed by atoms with E-state index in [0.29, 0.717) is 17.1 Å². The van der Waals surface area contributed by atoms with Crippen LogP contribution in [0.15, 0.2) is 37.1 Å². The van der Waals surface area contributed by atoms with Gasteiger partial charge in [0, 0.05) is 18.0 Å². The number of carbonyl (C=O) groups excluding carboxylic acids is 1. The van der Waals surface area contributed by atoms with Gasteiger partial charge in [0.05, 0.1) is 31.4 Å². The van der Waals surface area contributed by atoms with E-state index in [4.69, 9.17) is 4.74 Å². The van der Waals surface area contributed by atoms with Crippen LogP contribution >= 0.6 is 0 Å². The van der Waals surface area contributed by atoms with E-state index >= 15 is 0 Å². The van der Waals surface area contributed by atoms with E-state index in [1.54, 1.807) is 6.07 Å². The zero-order chi connectivity index (χ0) is 18.5. The Hall–Kier alpha value is -3.87. The van der Waals surface area contributed by atoms with Crippen molar-refractivity contribution in [1.82, 2.24) is 29.9 Å². The van der Waals surface area contributed by atoms with Gasteiger partial charge in [-0.25, -0.2) is 14.5 Å². The van der Waals surface area contributed by atoms with Crippen molar-refractivity contribution in [2.45, 2.75) is 13.0 Å². The number of rotatable bonds is 5. The highest BCUT2D eigenvalue weighted by atomic mass is 16.6. The van der Waals surface area contributed by atoms with Gasteiger partial charge in [0.25, 0.3) is 5.88 Å². The first-order valence-corrected chi connectivity index (χ1v) is 7.46. The van der Waals surface area contributed by atoms with Crippen LogP contribution in [0.25, 0.3) is 17.1 Å². The Bertz CT molecular complexity index is 951. The number of esters is 1. The lowest BCUT2D eigenvalue weighted by Gasteiger charge is -2.09. The van der Waals surface area contributed by atoms with Crippen LogP contribution in [0, 0.1) is 11.3 Å². The average Bonchev–Trinajstić information content (AvgIpc) is 3.06. The third-order valence-electron chi connectivity index (χ3n) is 3.41. The van der Waals surface area contributed by atoms with Gasteiger partial charge >= 0.3 is 5.97 Å². The molecular weight excluding hydrogens is 338 g/mol. The zero-order valence-electron chi connectivity index (χ0n) is 13.9. The number of hydrogen-bond acceptors (Lipinski definition) is 9. The predicted molar refractivity (Wildman–Crippen MR) is 87.0 cm³/mol. The largest absolute Gasteiger partial charge is 0.466 e. The third-order valence-corrected chi connectivity index (χ3v) is 3.41. The minimum Gasteiger partial charge on any atom is -0.466 e. The number of aromatic nitrogens is 6. The molecule has 10 heteroatoms. The fourth-order valence-corrected chi connectivity index (χ4v) is 2.23. The summed E-state index contributed by atoms with van der Waals surface area (Å²) in [5.74, 6) is -0.241. The lowest BCUT2D eigenvalue weighted by atomic mass is 10.1. The topological polar surface area (TPSA) is 129 Å². The van der Waals surface area contributed by atoms with E-state index in [1.165, 1.54) is 49.7 Å². The molecule has 130 valence electrons. The maximum absolute atomic E-state index is 11.6. The highest BCUT2D eigenvalue weighted by Crippen LogP contribution is 2.31. The van der Waals surface area contributed by atoms with Crippen molar-refractivity contribution < 1.29 is 14.3 Å². The summed E-state index contributed by atoms with van der Waals surface area (Å²) in [7, 11) is 1.25. The van der Waals surface area contributed by atoms with Gasteiger partial charge in [0.2, 0.25) is 0 Å². The highest BCUT2D eigenvalue weighted by molar-refractivity contribution is 5.75. The first-order chi connectivity index (χ1) is 12.7. The summed E-state index contributed by atoms with van der Waals surface area (Å²) in [6.45, 7) is 1.50. The monoisotopic (exact) mass is 351 g/mol. The lowest BCUT2D eigenvalue weighted by Crippen LogP contribution is -2.25. The first-order valence-electron chi connectivity index (χ1n) is 7.46. The van der Waals surface area contributed by atoms with Gasteiger partial charge in [-0.15, -0.1) is 5.10 Å². The second kappa shape index (κ2) is 7.35. The summed E-state index contributed by atoms with van der Waals surface area (Å²) >= 11 is 0. The van der Waals surface area contributed by atoms with Crippen molar-refractivity contribution in [2.24, 2.45) is 0 Å². The van der Waals surface area contributed by atoms with Crippen LogP contribution in [0.2, 0.25) is 0 Å². The molecule has 0 saturated heterocycles. The summed E-state index contributed by atoms with van der Waals surface area (Å²) < 4.78 is 11.6. The normalized spacial score (nSPS) is 11.4. The molecule has 3 aromatic rings. The Balaban J connectivity index is 2.17. The molecule has 0 aliphatic heterocycles. The summed E-state index contributed by atoms with van der Waals surface area (Å²) in [6.07, 6.45) is 6.53. The number of nitriles is 1. The maximum atomic E-state index is 11.6. The fourth-order valence-electron chi connectivity index (χ4n) is 2.23. The standard InChI is InChI=1S/C16H13N7O3/c1-10(16(24)25-2)26-15-12(7-17)14(11-3-4-20-21-8-11)23(22-15)13-9-18-5-6-19-13/h3-6,8-10H,1-2H3. The van der Waals surface area contributed by atoms with Gasteiger partial charge < -0.3 is 9.47 Å². The second-order valence-electron chi connectivity index (χ2n) is 5.03. The minimum atomic E-state index is -0.944. The molecule has 0 saturated carbocycles. The first kappa shape index (κ1) is 17.0. The molecule has 3 heterocycles. The van der Waals surface area contributed by atoms with Crippen LogP contribution < -0.4 is 4.74 Å². The van der Waals surface area contributed by atoms with E-state index in [2.05, 4.69) is 36.1 Å². The molecule has 1 unspecified atom stereocenters. The molecule has 1 atom stereocenters. The quantitative estimate of drug-likeness (QED) is 0.616. The van der Waals surface area contributed by atoms with Crippen molar-refractivity contribution in [3.05, 3.63) is 42.6 Å². The Morgan fingerprint density at radius 3 is 2.73 bits per heavy atom. The molecule has 0 fully saturated rings. The lowest BCUT2D eigenvalue weighted by molar-refractivity contribution is -0.148. The maximum Gasteiger partial charge on any atom is 0.346 e. The smallest absolute Gasteiger partial charge is 0.346 e. The molecule has 0 aliphatic carbocycles. The van der Waals surface area contributed by atoms with Crippen molar-refractivity contribution in [3.8, 4) is 29.0 Å². The Morgan fingerprint density at radius 1 is 1.27 bits per heavy atom. The summed E-state index contributed by atoms with van der Waals surface area (Å²) in [4.78, 5) is 19.9. The van der Waals surface area contributed by atoms with Crippen LogP contribution in [0.5, 0.6) is 5.88 Å². The van der Waals surface area contributed by atoms with Crippen molar-refractivity contribution >= 4 is 5.97 Å². The van der Waals surface area contributed by atoms with Gasteiger partial charge in [0.1, 0.15) is 11.6 Å². The number of hydrogen-bond donors (Lipinski definition) is 0. The van der Waals surface area contributed by atoms with Crippen molar-refractivity contribution in [1.29, 1.82) is 5.26 Å². The molecule has 0 radical (unpaired) electrons. The zero-order valence-corrected chi connectivity index (χ0v) is 13.9. The molecule has 10 nitrogen and oxygen atoms in total. The molecule has 3 rings (SSSR count). The Kier molecular flexibility index (Phi) is 4.80. The van der Waals surface area contributed by atoms with E-state index in [9.17, 15) is 10.1 Å². The van der Waals surface area contributed by atoms with Crippen LogP contribution in [-0.2, 0) is 9.53 Å². The van der Waals surface area contributed by atoms with Crippen molar-refractivity contribution in [3.63, 3.8) is 0 Å². The summed E-state index contributed by atoms with van der Waals surface area (Å²) in [5.41, 5.74) is 1.10. The van der Waals surface area contributed by atoms with Gasteiger partial charge in [-0.1, -0.05) is 0 Å². The van der Waals surface area contributed by atoms with Gasteiger partial charge in [-0.3, -0.25) is 4.98 Å². The minimum absolute atomic E-state index is 0.0251. The average molecular weight is 351 g/mol. The predicted octanol–water partition coefficient (Wildman–Crippen LogP) is 0.931. The van der Waals surface area contributed by atoms with Crippen molar-refractivity contribution in [2.75, 3.05) is 7.11 Å². The Labute approximate surface area is 148 Å². The molecule has 0 spiro atoms. The van der Waals surface area contributed by atoms with Crippen LogP contribution in [0.4, 0.5) is 0 Å². The summed E-state index contributed by atoms with van der Waals surface area (Å²) in [6, 6.07) is 3.73. The Morgan fingerprint density at radius 2 is 2.12 bits per heavy atom. The molecule has 0 amide bonds. The molecule has 26 heavy (non-hydrogen) atoms. The molecule has 0 aromatic carbocycles. The van der Waals surface area contributed by atoms with Gasteiger partial charge in [0.15, 0.2) is 11.9 Å². The number of methoxy groups -OCH3 is 1.